The van der Waals surface area contributed by atoms with Crippen LogP contribution < -0.4 is 4.74 Å². The van der Waals surface area contributed by atoms with E-state index in [2.05, 4.69) is 20.9 Å². The van der Waals surface area contributed by atoms with E-state index in [9.17, 15) is 0 Å². The van der Waals surface area contributed by atoms with Crippen LogP contribution in [0.15, 0.2) is 16.7 Å². The Morgan fingerprint density at radius 1 is 1.67 bits per heavy atom. The van der Waals surface area contributed by atoms with Crippen LogP contribution in [0.4, 0.5) is 0 Å². The SMILES string of the molecule is COc1ncc(Br)cc1CCO. The van der Waals surface area contributed by atoms with Gasteiger partial charge in [0.2, 0.25) is 5.88 Å². The van der Waals surface area contributed by atoms with E-state index < -0.39 is 0 Å². The maximum absolute atomic E-state index is 8.73. The highest BCUT2D eigenvalue weighted by molar-refractivity contribution is 9.10. The molecule has 0 amide bonds. The number of nitrogens with zero attached hydrogens (tertiary/aromatic N) is 1. The highest BCUT2D eigenvalue weighted by Gasteiger charge is 2.03. The molecule has 1 aromatic heterocycles. The van der Waals surface area contributed by atoms with Gasteiger partial charge < -0.3 is 9.84 Å². The normalized spacial score (nSPS) is 9.92. The third-order valence-corrected chi connectivity index (χ3v) is 1.90. The minimum absolute atomic E-state index is 0.106. The molecule has 0 saturated heterocycles. The molecule has 0 unspecified atom stereocenters. The zero-order valence-corrected chi connectivity index (χ0v) is 8.34. The molecule has 1 aromatic rings. The number of ether oxygens (including phenoxy) is 1. The van der Waals surface area contributed by atoms with Crippen LogP contribution in [0.2, 0.25) is 0 Å². The van der Waals surface area contributed by atoms with Gasteiger partial charge in [0.25, 0.3) is 0 Å². The molecule has 0 aliphatic rings. The van der Waals surface area contributed by atoms with Gasteiger partial charge in [0.1, 0.15) is 0 Å². The van der Waals surface area contributed by atoms with E-state index in [1.165, 1.54) is 0 Å². The van der Waals surface area contributed by atoms with Crippen LogP contribution in [0, 0.1) is 0 Å². The summed E-state index contributed by atoms with van der Waals surface area (Å²) in [4.78, 5) is 4.04. The average Bonchev–Trinajstić information content (AvgIpc) is 2.05. The topological polar surface area (TPSA) is 42.4 Å². The van der Waals surface area contributed by atoms with Crippen molar-refractivity contribution in [2.24, 2.45) is 0 Å². The fraction of sp³-hybridized carbons (Fsp3) is 0.375. The molecule has 1 rings (SSSR count). The molecular formula is C8H10BrNO2. The van der Waals surface area contributed by atoms with E-state index in [1.807, 2.05) is 6.07 Å². The number of aliphatic hydroxyl groups is 1. The molecule has 0 aliphatic carbocycles. The Bertz CT molecular complexity index is 265. The highest BCUT2D eigenvalue weighted by atomic mass is 79.9. The molecule has 0 atom stereocenters. The predicted molar refractivity (Wildman–Crippen MR) is 49.3 cm³/mol. The number of halogens is 1. The summed E-state index contributed by atoms with van der Waals surface area (Å²) < 4.78 is 5.90. The van der Waals surface area contributed by atoms with Crippen LogP contribution >= 0.6 is 15.9 Å². The summed E-state index contributed by atoms with van der Waals surface area (Å²) in [5.41, 5.74) is 0.911. The summed E-state index contributed by atoms with van der Waals surface area (Å²) in [6.07, 6.45) is 2.23. The van der Waals surface area contributed by atoms with Gasteiger partial charge in [0, 0.05) is 29.3 Å². The fourth-order valence-corrected chi connectivity index (χ4v) is 1.33. The van der Waals surface area contributed by atoms with E-state index in [0.717, 1.165) is 10.0 Å². The summed E-state index contributed by atoms with van der Waals surface area (Å²) in [6, 6.07) is 1.89. The molecule has 0 aromatic carbocycles. The molecule has 1 heterocycles. The number of pyridine rings is 1. The first-order valence-corrected chi connectivity index (χ1v) is 4.36. The van der Waals surface area contributed by atoms with Crippen molar-refractivity contribution in [3.05, 3.63) is 22.3 Å². The minimum Gasteiger partial charge on any atom is -0.481 e. The fourth-order valence-electron chi connectivity index (χ4n) is 0.952. The maximum atomic E-state index is 8.73. The first-order valence-electron chi connectivity index (χ1n) is 3.57. The lowest BCUT2D eigenvalue weighted by molar-refractivity contribution is 0.295. The summed E-state index contributed by atoms with van der Waals surface area (Å²) in [5, 5.41) is 8.73. The Hall–Kier alpha value is -0.610. The Labute approximate surface area is 79.5 Å². The van der Waals surface area contributed by atoms with Crippen LogP contribution in [0.1, 0.15) is 5.56 Å². The monoisotopic (exact) mass is 231 g/mol. The molecule has 0 spiro atoms. The Balaban J connectivity index is 2.95. The quantitative estimate of drug-likeness (QED) is 0.856. The summed E-state index contributed by atoms with van der Waals surface area (Å²) >= 11 is 3.30. The molecule has 0 saturated carbocycles. The number of hydrogen-bond acceptors (Lipinski definition) is 3. The van der Waals surface area contributed by atoms with E-state index in [4.69, 9.17) is 9.84 Å². The lowest BCUT2D eigenvalue weighted by Gasteiger charge is -2.05. The predicted octanol–water partition coefficient (Wildman–Crippen LogP) is 1.39. The Morgan fingerprint density at radius 3 is 3.00 bits per heavy atom. The molecular weight excluding hydrogens is 222 g/mol. The summed E-state index contributed by atoms with van der Waals surface area (Å²) in [6.45, 7) is 0.106. The van der Waals surface area contributed by atoms with Gasteiger partial charge >= 0.3 is 0 Å². The molecule has 0 bridgehead atoms. The van der Waals surface area contributed by atoms with Crippen LogP contribution in [-0.4, -0.2) is 23.8 Å². The van der Waals surface area contributed by atoms with Crippen LogP contribution in [0.3, 0.4) is 0 Å². The second-order valence-corrected chi connectivity index (χ2v) is 3.21. The van der Waals surface area contributed by atoms with Gasteiger partial charge in [-0.15, -0.1) is 0 Å². The first-order chi connectivity index (χ1) is 5.77. The van der Waals surface area contributed by atoms with Crippen molar-refractivity contribution in [2.45, 2.75) is 6.42 Å². The van der Waals surface area contributed by atoms with Crippen molar-refractivity contribution in [3.63, 3.8) is 0 Å². The van der Waals surface area contributed by atoms with Gasteiger partial charge in [-0.3, -0.25) is 0 Å². The van der Waals surface area contributed by atoms with Gasteiger partial charge in [-0.2, -0.15) is 0 Å². The molecule has 0 radical (unpaired) electrons. The summed E-state index contributed by atoms with van der Waals surface area (Å²) in [7, 11) is 1.57. The molecule has 12 heavy (non-hydrogen) atoms. The molecule has 0 fully saturated rings. The van der Waals surface area contributed by atoms with Crippen molar-refractivity contribution in [1.82, 2.24) is 4.98 Å². The number of aliphatic hydroxyl groups excluding tert-OH is 1. The Kier molecular flexibility index (Phi) is 3.49. The van der Waals surface area contributed by atoms with Gasteiger partial charge in [0.05, 0.1) is 7.11 Å². The number of rotatable bonds is 3. The highest BCUT2D eigenvalue weighted by Crippen LogP contribution is 2.19. The lowest BCUT2D eigenvalue weighted by atomic mass is 10.2. The maximum Gasteiger partial charge on any atom is 0.216 e. The van der Waals surface area contributed by atoms with Crippen molar-refractivity contribution in [1.29, 1.82) is 0 Å². The second-order valence-electron chi connectivity index (χ2n) is 2.30. The van der Waals surface area contributed by atoms with Gasteiger partial charge in [-0.25, -0.2) is 4.98 Å². The van der Waals surface area contributed by atoms with Crippen LogP contribution in [0.5, 0.6) is 5.88 Å². The van der Waals surface area contributed by atoms with Gasteiger partial charge in [0.15, 0.2) is 0 Å². The average molecular weight is 232 g/mol. The van der Waals surface area contributed by atoms with E-state index in [-0.39, 0.29) is 6.61 Å². The van der Waals surface area contributed by atoms with E-state index in [1.54, 1.807) is 13.3 Å². The molecule has 1 N–H and O–H groups in total. The molecule has 66 valence electrons. The third-order valence-electron chi connectivity index (χ3n) is 1.47. The van der Waals surface area contributed by atoms with Crippen LogP contribution in [-0.2, 0) is 6.42 Å². The molecule has 3 nitrogen and oxygen atoms in total. The van der Waals surface area contributed by atoms with E-state index >= 15 is 0 Å². The largest absolute Gasteiger partial charge is 0.481 e. The zero-order chi connectivity index (χ0) is 8.97. The lowest BCUT2D eigenvalue weighted by Crippen LogP contribution is -1.97. The smallest absolute Gasteiger partial charge is 0.216 e. The number of methoxy groups -OCH3 is 1. The van der Waals surface area contributed by atoms with Gasteiger partial charge in [-0.05, 0) is 22.0 Å². The zero-order valence-electron chi connectivity index (χ0n) is 6.75. The minimum atomic E-state index is 0.106. The number of aromatic nitrogens is 1. The Morgan fingerprint density at radius 2 is 2.42 bits per heavy atom. The van der Waals surface area contributed by atoms with Crippen molar-refractivity contribution < 1.29 is 9.84 Å². The van der Waals surface area contributed by atoms with Crippen molar-refractivity contribution >= 4 is 15.9 Å². The summed E-state index contributed by atoms with van der Waals surface area (Å²) in [5.74, 6) is 0.576. The van der Waals surface area contributed by atoms with Crippen molar-refractivity contribution in [3.8, 4) is 5.88 Å². The molecule has 4 heteroatoms. The number of hydrogen-bond donors (Lipinski definition) is 1. The standard InChI is InChI=1S/C8H10BrNO2/c1-12-8-6(2-3-11)4-7(9)5-10-8/h4-5,11H,2-3H2,1H3. The van der Waals surface area contributed by atoms with E-state index in [0.29, 0.717) is 12.3 Å². The van der Waals surface area contributed by atoms with Crippen LogP contribution in [0.25, 0.3) is 0 Å². The third kappa shape index (κ3) is 2.19. The first kappa shape index (κ1) is 9.48. The van der Waals surface area contributed by atoms with Gasteiger partial charge in [-0.1, -0.05) is 0 Å². The van der Waals surface area contributed by atoms with Crippen molar-refractivity contribution in [2.75, 3.05) is 13.7 Å². The molecule has 0 aliphatic heterocycles. The second kappa shape index (κ2) is 4.42.